The van der Waals surface area contributed by atoms with E-state index in [1.54, 1.807) is 6.33 Å². The lowest BCUT2D eigenvalue weighted by atomic mass is 9.85. The van der Waals surface area contributed by atoms with Crippen LogP contribution in [0.25, 0.3) is 11.0 Å². The molecule has 160 valence electrons. The van der Waals surface area contributed by atoms with E-state index in [9.17, 15) is 15.3 Å². The number of fused-ring (bicyclic) bond motifs is 2. The average molecular weight is 413 g/mol. The molecule has 4 unspecified atom stereocenters. The van der Waals surface area contributed by atoms with Crippen molar-refractivity contribution >= 4 is 11.0 Å². The lowest BCUT2D eigenvalue weighted by Crippen LogP contribution is -2.34. The molecule has 2 aromatic heterocycles. The van der Waals surface area contributed by atoms with Crippen LogP contribution in [-0.2, 0) is 28.9 Å². The molecular formula is C22H27N3O5. The number of aliphatic hydroxyl groups excluding tert-OH is 3. The number of aliphatic hydroxyl groups is 3. The van der Waals surface area contributed by atoms with Crippen molar-refractivity contribution in [1.82, 2.24) is 15.0 Å². The first-order valence-electron chi connectivity index (χ1n) is 10.2. The van der Waals surface area contributed by atoms with E-state index >= 15 is 0 Å². The van der Waals surface area contributed by atoms with Gasteiger partial charge in [-0.2, -0.15) is 0 Å². The number of benzene rings is 1. The summed E-state index contributed by atoms with van der Waals surface area (Å²) in [6.45, 7) is 3.30. The summed E-state index contributed by atoms with van der Waals surface area (Å²) in [4.78, 5) is 11.3. The number of ether oxygens (including phenoxy) is 2. The van der Waals surface area contributed by atoms with Crippen molar-refractivity contribution in [3.8, 4) is 0 Å². The predicted octanol–water partition coefficient (Wildman–Crippen LogP) is 1.43. The van der Waals surface area contributed by atoms with Crippen LogP contribution in [-0.4, -0.2) is 61.8 Å². The van der Waals surface area contributed by atoms with Gasteiger partial charge in [-0.1, -0.05) is 18.2 Å². The fourth-order valence-electron chi connectivity index (χ4n) is 3.73. The second-order valence-corrected chi connectivity index (χ2v) is 7.53. The van der Waals surface area contributed by atoms with Gasteiger partial charge in [0.1, 0.15) is 36.4 Å². The molecule has 5 rings (SSSR count). The highest BCUT2D eigenvalue weighted by atomic mass is 16.5. The van der Waals surface area contributed by atoms with Gasteiger partial charge in [0.2, 0.25) is 0 Å². The number of nitrogens with one attached hydrogen (secondary N) is 1. The Labute approximate surface area is 174 Å². The average Bonchev–Trinajstić information content (AvgIpc) is 3.35. The summed E-state index contributed by atoms with van der Waals surface area (Å²) in [6.07, 6.45) is 2.02. The monoisotopic (exact) mass is 413 g/mol. The Morgan fingerprint density at radius 3 is 2.70 bits per heavy atom. The van der Waals surface area contributed by atoms with Gasteiger partial charge in [-0.05, 0) is 42.5 Å². The van der Waals surface area contributed by atoms with Crippen LogP contribution in [0.1, 0.15) is 35.4 Å². The maximum Gasteiger partial charge on any atom is 0.141 e. The van der Waals surface area contributed by atoms with Gasteiger partial charge < -0.3 is 29.8 Å². The Bertz CT molecular complexity index is 992. The van der Waals surface area contributed by atoms with Crippen molar-refractivity contribution in [3.63, 3.8) is 0 Å². The van der Waals surface area contributed by atoms with Crippen LogP contribution in [0.15, 0.2) is 36.8 Å². The number of H-pyrrole nitrogens is 1. The number of hydrogen-bond donors (Lipinski definition) is 4. The molecule has 0 amide bonds. The Balaban J connectivity index is 0.000000151. The number of rotatable bonds is 5. The summed E-state index contributed by atoms with van der Waals surface area (Å²) >= 11 is 0. The highest BCUT2D eigenvalue weighted by Crippen LogP contribution is 2.31. The molecule has 4 atom stereocenters. The minimum absolute atomic E-state index is 0.0772. The highest BCUT2D eigenvalue weighted by molar-refractivity contribution is 5.77. The number of aromatic amines is 1. The number of aryl methyl sites for hydroxylation is 2. The molecule has 1 aliphatic carbocycles. The van der Waals surface area contributed by atoms with Crippen LogP contribution in [0.5, 0.6) is 0 Å². The summed E-state index contributed by atoms with van der Waals surface area (Å²) in [5.74, 6) is 0. The van der Waals surface area contributed by atoms with Crippen molar-refractivity contribution in [2.45, 2.75) is 50.8 Å². The minimum Gasteiger partial charge on any atom is -0.388 e. The molecule has 0 radical (unpaired) electrons. The number of nitrogens with zero attached hydrogens (tertiary/aromatic N) is 2. The van der Waals surface area contributed by atoms with Gasteiger partial charge in [0.15, 0.2) is 0 Å². The second kappa shape index (κ2) is 9.20. The molecule has 3 aromatic rings. The van der Waals surface area contributed by atoms with Crippen LogP contribution >= 0.6 is 0 Å². The zero-order valence-electron chi connectivity index (χ0n) is 16.9. The normalized spacial score (nSPS) is 23.4. The van der Waals surface area contributed by atoms with E-state index in [0.717, 1.165) is 35.1 Å². The first-order chi connectivity index (χ1) is 14.6. The highest BCUT2D eigenvalue weighted by Gasteiger charge is 2.39. The molecule has 4 N–H and O–H groups in total. The topological polar surface area (TPSA) is 121 Å². The van der Waals surface area contributed by atoms with Gasteiger partial charge in [-0.25, -0.2) is 9.97 Å². The molecule has 0 spiro atoms. The summed E-state index contributed by atoms with van der Waals surface area (Å²) in [5, 5.41) is 30.3. The number of hydrogen-bond acceptors (Lipinski definition) is 7. The molecule has 0 bridgehead atoms. The fourth-order valence-corrected chi connectivity index (χ4v) is 3.73. The van der Waals surface area contributed by atoms with Crippen molar-refractivity contribution in [2.75, 3.05) is 13.2 Å². The molecule has 1 saturated heterocycles. The molecular weight excluding hydrogens is 386 g/mol. The smallest absolute Gasteiger partial charge is 0.141 e. The van der Waals surface area contributed by atoms with E-state index in [-0.39, 0.29) is 6.61 Å². The van der Waals surface area contributed by atoms with Crippen LogP contribution < -0.4 is 0 Å². The summed E-state index contributed by atoms with van der Waals surface area (Å²) < 4.78 is 10.5. The van der Waals surface area contributed by atoms with E-state index in [2.05, 4.69) is 15.0 Å². The van der Waals surface area contributed by atoms with Crippen LogP contribution in [0, 0.1) is 0 Å². The second-order valence-electron chi connectivity index (χ2n) is 7.53. The zero-order chi connectivity index (χ0) is 21.1. The molecule has 1 fully saturated rings. The first-order valence-corrected chi connectivity index (χ1v) is 10.2. The molecule has 2 aliphatic rings. The van der Waals surface area contributed by atoms with Crippen LogP contribution in [0.3, 0.4) is 0 Å². The quantitative estimate of drug-likeness (QED) is 0.499. The summed E-state index contributed by atoms with van der Waals surface area (Å²) in [5.41, 5.74) is 5.14. The molecule has 0 saturated carbocycles. The molecule has 30 heavy (non-hydrogen) atoms. The third kappa shape index (κ3) is 4.23. The Kier molecular flexibility index (Phi) is 6.40. The van der Waals surface area contributed by atoms with Crippen LogP contribution in [0.2, 0.25) is 0 Å². The van der Waals surface area contributed by atoms with Gasteiger partial charge >= 0.3 is 0 Å². The standard InChI is InChI=1S/C13H16O4.C9H11N3O/c14-10-6-17-13(12(10)16)11(15)9-4-2-7-1-3-8(7)5-9;1-2-13-5-8-7-3-4-10-9(7)12-6-11-8/h2,4-5,10-16H,1,3,6H2;3-4,6H,2,5H2,1H3,(H,10,11,12). The summed E-state index contributed by atoms with van der Waals surface area (Å²) in [6, 6.07) is 7.80. The lowest BCUT2D eigenvalue weighted by Gasteiger charge is -2.25. The van der Waals surface area contributed by atoms with E-state index in [1.807, 2.05) is 37.4 Å². The van der Waals surface area contributed by atoms with E-state index < -0.39 is 24.4 Å². The van der Waals surface area contributed by atoms with Gasteiger partial charge in [0.05, 0.1) is 18.9 Å². The van der Waals surface area contributed by atoms with Gasteiger partial charge in [0.25, 0.3) is 0 Å². The van der Waals surface area contributed by atoms with Crippen molar-refractivity contribution in [3.05, 3.63) is 59.2 Å². The molecule has 8 heteroatoms. The van der Waals surface area contributed by atoms with E-state index in [4.69, 9.17) is 9.47 Å². The van der Waals surface area contributed by atoms with Gasteiger partial charge in [-0.3, -0.25) is 0 Å². The lowest BCUT2D eigenvalue weighted by molar-refractivity contribution is -0.0520. The largest absolute Gasteiger partial charge is 0.388 e. The van der Waals surface area contributed by atoms with E-state index in [1.165, 1.54) is 11.1 Å². The SMILES string of the molecule is CCOCc1ncnc2[nH]ccc12.OC1COC(C(O)c2ccc3c(c2)CC3)C1O. The third-order valence-corrected chi connectivity index (χ3v) is 5.62. The summed E-state index contributed by atoms with van der Waals surface area (Å²) in [7, 11) is 0. The number of aromatic nitrogens is 3. The maximum atomic E-state index is 10.2. The Hall–Kier alpha value is -2.36. The Morgan fingerprint density at radius 2 is 2.03 bits per heavy atom. The molecule has 1 aliphatic heterocycles. The minimum atomic E-state index is -1.02. The van der Waals surface area contributed by atoms with Crippen molar-refractivity contribution in [2.24, 2.45) is 0 Å². The molecule has 3 heterocycles. The molecule has 8 nitrogen and oxygen atoms in total. The molecule has 1 aromatic carbocycles. The predicted molar refractivity (Wildman–Crippen MR) is 110 cm³/mol. The zero-order valence-corrected chi connectivity index (χ0v) is 16.9. The first kappa shape index (κ1) is 20.9. The van der Waals surface area contributed by atoms with Crippen LogP contribution in [0.4, 0.5) is 0 Å². The van der Waals surface area contributed by atoms with E-state index in [0.29, 0.717) is 13.2 Å². The van der Waals surface area contributed by atoms with Crippen molar-refractivity contribution in [1.29, 1.82) is 0 Å². The van der Waals surface area contributed by atoms with Crippen molar-refractivity contribution < 1.29 is 24.8 Å². The maximum absolute atomic E-state index is 10.2. The fraction of sp³-hybridized carbons (Fsp3) is 0.455. The van der Waals surface area contributed by atoms with Gasteiger partial charge in [0, 0.05) is 18.2 Å². The van der Waals surface area contributed by atoms with Gasteiger partial charge in [-0.15, -0.1) is 0 Å². The third-order valence-electron chi connectivity index (χ3n) is 5.62. The Morgan fingerprint density at radius 1 is 1.20 bits per heavy atom.